The van der Waals surface area contributed by atoms with Gasteiger partial charge in [0, 0.05) is 6.07 Å². The fourth-order valence-electron chi connectivity index (χ4n) is 1.96. The molecule has 0 amide bonds. The first-order chi connectivity index (χ1) is 9.16. The number of hydrogen-bond donors (Lipinski definition) is 1. The summed E-state index contributed by atoms with van der Waals surface area (Å²) < 4.78 is 1.42. The van der Waals surface area contributed by atoms with Gasteiger partial charge in [0.2, 0.25) is 0 Å². The van der Waals surface area contributed by atoms with E-state index in [1.165, 1.54) is 23.0 Å². The highest BCUT2D eigenvalue weighted by molar-refractivity contribution is 6.35. The topological polar surface area (TPSA) is 55.1 Å². The van der Waals surface area contributed by atoms with Gasteiger partial charge in [0.25, 0.3) is 5.56 Å². The Hall–Kier alpha value is -2.33. The van der Waals surface area contributed by atoms with E-state index in [0.717, 1.165) is 0 Å². The van der Waals surface area contributed by atoms with Crippen molar-refractivity contribution < 1.29 is 5.11 Å². The fraction of sp³-hybridized carbons (Fsp3) is 0. The summed E-state index contributed by atoms with van der Waals surface area (Å²) >= 11 is 6.01. The maximum atomic E-state index is 12.4. The first-order valence-corrected chi connectivity index (χ1v) is 6.00. The van der Waals surface area contributed by atoms with E-state index in [2.05, 4.69) is 4.98 Å². The zero-order chi connectivity index (χ0) is 13.4. The van der Waals surface area contributed by atoms with Gasteiger partial charge in [-0.3, -0.25) is 9.36 Å². The van der Waals surface area contributed by atoms with Crippen molar-refractivity contribution >= 4 is 22.5 Å². The second-order valence-electron chi connectivity index (χ2n) is 4.08. The van der Waals surface area contributed by atoms with Gasteiger partial charge in [0.15, 0.2) is 0 Å². The number of rotatable bonds is 1. The summed E-state index contributed by atoms with van der Waals surface area (Å²) in [6.07, 6.45) is 1.43. The number of para-hydroxylation sites is 1. The number of phenolic OH excluding ortho intramolecular Hbond substituents is 1. The van der Waals surface area contributed by atoms with Crippen LogP contribution in [0.5, 0.6) is 5.75 Å². The molecule has 0 saturated heterocycles. The van der Waals surface area contributed by atoms with E-state index in [4.69, 9.17) is 11.6 Å². The summed E-state index contributed by atoms with van der Waals surface area (Å²) in [5.41, 5.74) is 0.828. The molecule has 0 aliphatic carbocycles. The lowest BCUT2D eigenvalue weighted by Crippen LogP contribution is -2.19. The van der Waals surface area contributed by atoms with Gasteiger partial charge in [-0.15, -0.1) is 0 Å². The van der Waals surface area contributed by atoms with Crippen LogP contribution in [-0.4, -0.2) is 14.7 Å². The Morgan fingerprint density at radius 1 is 1.16 bits per heavy atom. The smallest absolute Gasteiger partial charge is 0.267 e. The minimum atomic E-state index is -0.263. The van der Waals surface area contributed by atoms with E-state index >= 15 is 0 Å². The zero-order valence-corrected chi connectivity index (χ0v) is 10.5. The fourth-order valence-corrected chi connectivity index (χ4v) is 2.25. The van der Waals surface area contributed by atoms with Crippen LogP contribution < -0.4 is 5.56 Å². The maximum Gasteiger partial charge on any atom is 0.267 e. The highest BCUT2D eigenvalue weighted by Gasteiger charge is 2.10. The van der Waals surface area contributed by atoms with Crippen molar-refractivity contribution in [2.45, 2.75) is 0 Å². The first-order valence-electron chi connectivity index (χ1n) is 5.62. The van der Waals surface area contributed by atoms with Crippen LogP contribution in [0.15, 0.2) is 53.6 Å². The average Bonchev–Trinajstić information content (AvgIpc) is 2.39. The third kappa shape index (κ3) is 1.96. The molecule has 1 aromatic heterocycles. The molecule has 3 aromatic rings. The Labute approximate surface area is 113 Å². The van der Waals surface area contributed by atoms with Crippen LogP contribution in [0.3, 0.4) is 0 Å². The van der Waals surface area contributed by atoms with Crippen molar-refractivity contribution in [3.63, 3.8) is 0 Å². The summed E-state index contributed by atoms with van der Waals surface area (Å²) in [7, 11) is 0. The number of aromatic nitrogens is 2. The van der Waals surface area contributed by atoms with Crippen LogP contribution in [0.1, 0.15) is 0 Å². The number of hydrogen-bond acceptors (Lipinski definition) is 3. The van der Waals surface area contributed by atoms with E-state index in [1.807, 2.05) is 30.3 Å². The molecule has 0 atom stereocenters. The van der Waals surface area contributed by atoms with Crippen molar-refractivity contribution in [3.05, 3.63) is 64.2 Å². The number of aromatic hydroxyl groups is 1. The maximum absolute atomic E-state index is 12.4. The summed E-state index contributed by atoms with van der Waals surface area (Å²) in [4.78, 5) is 16.6. The highest BCUT2D eigenvalue weighted by Crippen LogP contribution is 2.24. The molecule has 0 spiro atoms. The molecule has 0 saturated carbocycles. The van der Waals surface area contributed by atoms with E-state index < -0.39 is 0 Å². The van der Waals surface area contributed by atoms with Gasteiger partial charge in [-0.2, -0.15) is 0 Å². The Bertz CT molecular complexity index is 813. The Morgan fingerprint density at radius 3 is 2.63 bits per heavy atom. The second-order valence-corrected chi connectivity index (χ2v) is 4.48. The molecule has 0 unspecified atom stereocenters. The quantitative estimate of drug-likeness (QED) is 0.741. The van der Waals surface area contributed by atoms with Crippen LogP contribution in [0, 0.1) is 0 Å². The van der Waals surface area contributed by atoms with Gasteiger partial charge in [0.1, 0.15) is 12.1 Å². The molecule has 0 aliphatic rings. The molecular weight excluding hydrogens is 264 g/mol. The molecule has 19 heavy (non-hydrogen) atoms. The summed E-state index contributed by atoms with van der Waals surface area (Å²) in [6.45, 7) is 0. The molecular formula is C14H9ClN2O2. The van der Waals surface area contributed by atoms with E-state index in [1.54, 1.807) is 0 Å². The van der Waals surface area contributed by atoms with E-state index in [0.29, 0.717) is 16.6 Å². The summed E-state index contributed by atoms with van der Waals surface area (Å²) in [5.74, 6) is -0.0122. The molecule has 94 valence electrons. The SMILES string of the molecule is O=c1c2c(Cl)cc(O)cc2ncn1-c1ccccc1. The second kappa shape index (κ2) is 4.40. The van der Waals surface area contributed by atoms with Gasteiger partial charge < -0.3 is 5.11 Å². The number of nitrogens with zero attached hydrogens (tertiary/aromatic N) is 2. The molecule has 0 fully saturated rings. The van der Waals surface area contributed by atoms with Crippen LogP contribution >= 0.6 is 11.6 Å². The molecule has 3 rings (SSSR count). The third-order valence-electron chi connectivity index (χ3n) is 2.83. The first kappa shape index (κ1) is 11.7. The number of fused-ring (bicyclic) bond motifs is 1. The number of benzene rings is 2. The van der Waals surface area contributed by atoms with Crippen molar-refractivity contribution in [1.82, 2.24) is 9.55 Å². The van der Waals surface area contributed by atoms with E-state index in [9.17, 15) is 9.90 Å². The number of phenols is 1. The standard InChI is InChI=1S/C14H9ClN2O2/c15-11-6-10(18)7-12-13(11)14(19)17(8-16-12)9-4-2-1-3-5-9/h1-8,18H. The Morgan fingerprint density at radius 2 is 1.89 bits per heavy atom. The largest absolute Gasteiger partial charge is 0.508 e. The molecule has 0 bridgehead atoms. The number of halogens is 1. The average molecular weight is 273 g/mol. The predicted octanol–water partition coefficient (Wildman–Crippen LogP) is 2.74. The molecule has 0 aliphatic heterocycles. The lowest BCUT2D eigenvalue weighted by molar-refractivity contribution is 0.476. The van der Waals surface area contributed by atoms with Crippen molar-refractivity contribution in [2.24, 2.45) is 0 Å². The van der Waals surface area contributed by atoms with Gasteiger partial charge in [-0.25, -0.2) is 4.98 Å². The van der Waals surface area contributed by atoms with Crippen molar-refractivity contribution in [3.8, 4) is 11.4 Å². The third-order valence-corrected chi connectivity index (χ3v) is 3.13. The van der Waals surface area contributed by atoms with Crippen LogP contribution in [0.2, 0.25) is 5.02 Å². The minimum Gasteiger partial charge on any atom is -0.508 e. The van der Waals surface area contributed by atoms with Crippen molar-refractivity contribution in [2.75, 3.05) is 0 Å². The molecule has 4 nitrogen and oxygen atoms in total. The molecule has 2 aromatic carbocycles. The minimum absolute atomic E-state index is 0.0122. The molecule has 1 heterocycles. The zero-order valence-electron chi connectivity index (χ0n) is 9.75. The van der Waals surface area contributed by atoms with Crippen molar-refractivity contribution in [1.29, 1.82) is 0 Å². The van der Waals surface area contributed by atoms with Crippen LogP contribution in [-0.2, 0) is 0 Å². The van der Waals surface area contributed by atoms with E-state index in [-0.39, 0.29) is 16.3 Å². The summed E-state index contributed by atoms with van der Waals surface area (Å²) in [6, 6.07) is 11.9. The molecule has 0 radical (unpaired) electrons. The monoisotopic (exact) mass is 272 g/mol. The normalized spacial score (nSPS) is 10.8. The molecule has 1 N–H and O–H groups in total. The summed E-state index contributed by atoms with van der Waals surface area (Å²) in [5, 5.41) is 9.94. The van der Waals surface area contributed by atoms with Gasteiger partial charge in [0.05, 0.1) is 21.6 Å². The highest BCUT2D eigenvalue weighted by atomic mass is 35.5. The Kier molecular flexibility index (Phi) is 2.72. The molecule has 5 heteroatoms. The lowest BCUT2D eigenvalue weighted by Gasteiger charge is -2.07. The predicted molar refractivity (Wildman–Crippen MR) is 74.0 cm³/mol. The van der Waals surface area contributed by atoms with Crippen LogP contribution in [0.4, 0.5) is 0 Å². The van der Waals surface area contributed by atoms with Gasteiger partial charge >= 0.3 is 0 Å². The van der Waals surface area contributed by atoms with Gasteiger partial charge in [-0.1, -0.05) is 29.8 Å². The van der Waals surface area contributed by atoms with Crippen LogP contribution in [0.25, 0.3) is 16.6 Å². The Balaban J connectivity index is 2.37. The lowest BCUT2D eigenvalue weighted by atomic mass is 10.2. The van der Waals surface area contributed by atoms with Gasteiger partial charge in [-0.05, 0) is 18.2 Å².